The third-order valence-corrected chi connectivity index (χ3v) is 3.29. The van der Waals surface area contributed by atoms with Crippen LogP contribution in [0.3, 0.4) is 0 Å². The number of carbonyl (C=O) groups is 2. The Bertz CT molecular complexity index is 314. The minimum Gasteiger partial charge on any atom is -0.369 e. The number of nitrogens with zero attached hydrogens (tertiary/aromatic N) is 2. The third-order valence-electron chi connectivity index (χ3n) is 3.29. The normalized spacial score (nSPS) is 17.8. The molecule has 1 aliphatic heterocycles. The molecule has 0 aromatic carbocycles. The molecule has 0 radical (unpaired) electrons. The molecule has 0 bridgehead atoms. The highest BCUT2D eigenvalue weighted by atomic mass is 16.2. The third kappa shape index (κ3) is 5.16. The van der Waals surface area contributed by atoms with Crippen LogP contribution in [0, 0.1) is 5.92 Å². The van der Waals surface area contributed by atoms with Gasteiger partial charge in [-0.1, -0.05) is 13.8 Å². The topological polar surface area (TPSA) is 78.7 Å². The van der Waals surface area contributed by atoms with Crippen molar-refractivity contribution in [1.29, 1.82) is 0 Å². The molecule has 110 valence electrons. The first-order chi connectivity index (χ1) is 8.91. The number of nitrogens with one attached hydrogen (secondary N) is 1. The number of piperazine rings is 1. The van der Waals surface area contributed by atoms with E-state index in [0.717, 1.165) is 26.2 Å². The van der Waals surface area contributed by atoms with E-state index in [1.165, 1.54) is 0 Å². The van der Waals surface area contributed by atoms with Crippen LogP contribution < -0.4 is 11.1 Å². The monoisotopic (exact) mass is 270 g/mol. The summed E-state index contributed by atoms with van der Waals surface area (Å²) in [5.41, 5.74) is 5.27. The molecule has 3 N–H and O–H groups in total. The molecular formula is C13H26N4O2. The molecule has 1 unspecified atom stereocenters. The number of hydrogen-bond donors (Lipinski definition) is 2. The van der Waals surface area contributed by atoms with E-state index in [0.29, 0.717) is 12.5 Å². The van der Waals surface area contributed by atoms with Crippen LogP contribution >= 0.6 is 0 Å². The smallest absolute Gasteiger partial charge is 0.239 e. The van der Waals surface area contributed by atoms with Gasteiger partial charge in [0, 0.05) is 32.7 Å². The summed E-state index contributed by atoms with van der Waals surface area (Å²) >= 11 is 0. The van der Waals surface area contributed by atoms with Gasteiger partial charge in [-0.3, -0.25) is 14.5 Å². The lowest BCUT2D eigenvalue weighted by Gasteiger charge is -2.34. The lowest BCUT2D eigenvalue weighted by Crippen LogP contribution is -2.54. The second kappa shape index (κ2) is 7.45. The molecule has 1 aliphatic rings. The maximum absolute atomic E-state index is 12.4. The van der Waals surface area contributed by atoms with Crippen LogP contribution in [0.5, 0.6) is 0 Å². The van der Waals surface area contributed by atoms with Gasteiger partial charge in [0.25, 0.3) is 0 Å². The Morgan fingerprint density at radius 3 is 2.32 bits per heavy atom. The molecule has 1 saturated heterocycles. The number of rotatable bonds is 6. The molecule has 1 atom stereocenters. The second-order valence-electron chi connectivity index (χ2n) is 5.54. The van der Waals surface area contributed by atoms with E-state index in [2.05, 4.69) is 19.2 Å². The molecule has 0 aromatic heterocycles. The van der Waals surface area contributed by atoms with Crippen molar-refractivity contribution in [3.05, 3.63) is 0 Å². The number of carbonyl (C=O) groups excluding carboxylic acids is 2. The number of primary amides is 1. The van der Waals surface area contributed by atoms with Gasteiger partial charge < -0.3 is 16.0 Å². The summed E-state index contributed by atoms with van der Waals surface area (Å²) in [4.78, 5) is 27.3. The fourth-order valence-corrected chi connectivity index (χ4v) is 2.33. The van der Waals surface area contributed by atoms with Crippen LogP contribution in [-0.4, -0.2) is 66.9 Å². The minimum absolute atomic E-state index is 0.0865. The Kier molecular flexibility index (Phi) is 6.24. The number of hydrogen-bond acceptors (Lipinski definition) is 4. The van der Waals surface area contributed by atoms with Crippen LogP contribution in [0.2, 0.25) is 0 Å². The highest BCUT2D eigenvalue weighted by Gasteiger charge is 2.27. The SMILES string of the molecule is CC(C)CN(CC(N)=O)C(C)C(=O)N1CCNCC1. The van der Waals surface area contributed by atoms with E-state index >= 15 is 0 Å². The average Bonchev–Trinajstić information content (AvgIpc) is 2.36. The predicted molar refractivity (Wildman–Crippen MR) is 74.5 cm³/mol. The van der Waals surface area contributed by atoms with Gasteiger partial charge in [-0.05, 0) is 12.8 Å². The van der Waals surface area contributed by atoms with E-state index in [1.54, 1.807) is 0 Å². The Morgan fingerprint density at radius 2 is 1.84 bits per heavy atom. The van der Waals surface area contributed by atoms with E-state index in [4.69, 9.17) is 5.73 Å². The zero-order valence-electron chi connectivity index (χ0n) is 12.2. The van der Waals surface area contributed by atoms with Crippen LogP contribution in [0.25, 0.3) is 0 Å². The van der Waals surface area contributed by atoms with Crippen LogP contribution in [-0.2, 0) is 9.59 Å². The first kappa shape index (κ1) is 15.9. The Hall–Kier alpha value is -1.14. The average molecular weight is 270 g/mol. The molecule has 1 rings (SSSR count). The van der Waals surface area contributed by atoms with Crippen molar-refractivity contribution in [1.82, 2.24) is 15.1 Å². The van der Waals surface area contributed by atoms with Gasteiger partial charge in [-0.2, -0.15) is 0 Å². The number of amides is 2. The van der Waals surface area contributed by atoms with Gasteiger partial charge >= 0.3 is 0 Å². The Balaban J connectivity index is 2.64. The molecule has 0 spiro atoms. The lowest BCUT2D eigenvalue weighted by atomic mass is 10.1. The largest absolute Gasteiger partial charge is 0.369 e. The summed E-state index contributed by atoms with van der Waals surface area (Å²) in [7, 11) is 0. The summed E-state index contributed by atoms with van der Waals surface area (Å²) < 4.78 is 0. The predicted octanol–water partition coefficient (Wildman–Crippen LogP) is -0.750. The molecule has 0 saturated carbocycles. The van der Waals surface area contributed by atoms with Gasteiger partial charge in [0.1, 0.15) is 0 Å². The quantitative estimate of drug-likeness (QED) is 0.666. The van der Waals surface area contributed by atoms with Crippen molar-refractivity contribution < 1.29 is 9.59 Å². The first-order valence-corrected chi connectivity index (χ1v) is 6.93. The summed E-state index contributed by atoms with van der Waals surface area (Å²) in [5.74, 6) is 0.0848. The standard InChI is InChI=1S/C13H26N4O2/c1-10(2)8-17(9-12(14)18)11(3)13(19)16-6-4-15-5-7-16/h10-11,15H,4-9H2,1-3H3,(H2,14,18). The minimum atomic E-state index is -0.388. The molecule has 2 amide bonds. The van der Waals surface area contributed by atoms with Crippen LogP contribution in [0.15, 0.2) is 0 Å². The van der Waals surface area contributed by atoms with Crippen LogP contribution in [0.1, 0.15) is 20.8 Å². The van der Waals surface area contributed by atoms with E-state index in [9.17, 15) is 9.59 Å². The van der Waals surface area contributed by atoms with Crippen molar-refractivity contribution in [2.24, 2.45) is 11.7 Å². The molecule has 1 heterocycles. The van der Waals surface area contributed by atoms with Crippen molar-refractivity contribution in [2.75, 3.05) is 39.3 Å². The second-order valence-corrected chi connectivity index (χ2v) is 5.54. The highest BCUT2D eigenvalue weighted by Crippen LogP contribution is 2.08. The van der Waals surface area contributed by atoms with Gasteiger partial charge in [-0.15, -0.1) is 0 Å². The van der Waals surface area contributed by atoms with E-state index in [1.807, 2.05) is 16.7 Å². The van der Waals surface area contributed by atoms with E-state index in [-0.39, 0.29) is 24.4 Å². The molecule has 6 nitrogen and oxygen atoms in total. The maximum atomic E-state index is 12.4. The lowest BCUT2D eigenvalue weighted by molar-refractivity contribution is -0.137. The summed E-state index contributed by atoms with van der Waals surface area (Å²) in [6.07, 6.45) is 0. The maximum Gasteiger partial charge on any atom is 0.239 e. The molecule has 6 heteroatoms. The van der Waals surface area contributed by atoms with Crippen molar-refractivity contribution in [3.63, 3.8) is 0 Å². The summed E-state index contributed by atoms with van der Waals surface area (Å²) in [6, 6.07) is -0.298. The highest BCUT2D eigenvalue weighted by molar-refractivity contribution is 5.83. The zero-order valence-corrected chi connectivity index (χ0v) is 12.2. The number of nitrogens with two attached hydrogens (primary N) is 1. The fourth-order valence-electron chi connectivity index (χ4n) is 2.33. The van der Waals surface area contributed by atoms with Crippen LogP contribution in [0.4, 0.5) is 0 Å². The molecule has 19 heavy (non-hydrogen) atoms. The van der Waals surface area contributed by atoms with Crippen molar-refractivity contribution in [3.8, 4) is 0 Å². The summed E-state index contributed by atoms with van der Waals surface area (Å²) in [6.45, 7) is 9.95. The van der Waals surface area contributed by atoms with Gasteiger partial charge in [0.05, 0.1) is 12.6 Å². The van der Waals surface area contributed by atoms with Crippen molar-refractivity contribution >= 4 is 11.8 Å². The molecule has 1 fully saturated rings. The van der Waals surface area contributed by atoms with Gasteiger partial charge in [0.2, 0.25) is 11.8 Å². The molecular weight excluding hydrogens is 244 g/mol. The van der Waals surface area contributed by atoms with Crippen molar-refractivity contribution in [2.45, 2.75) is 26.8 Å². The Morgan fingerprint density at radius 1 is 1.26 bits per heavy atom. The summed E-state index contributed by atoms with van der Waals surface area (Å²) in [5, 5.41) is 3.22. The molecule has 0 aromatic rings. The van der Waals surface area contributed by atoms with Gasteiger partial charge in [0.15, 0.2) is 0 Å². The zero-order chi connectivity index (χ0) is 14.4. The fraction of sp³-hybridized carbons (Fsp3) is 0.846. The first-order valence-electron chi connectivity index (χ1n) is 6.93. The van der Waals surface area contributed by atoms with E-state index < -0.39 is 0 Å². The molecule has 0 aliphatic carbocycles. The van der Waals surface area contributed by atoms with Gasteiger partial charge in [-0.25, -0.2) is 0 Å². The Labute approximate surface area is 115 Å².